The molecule has 0 amide bonds. The standard InChI is InChI=1S/C14H18ClNO2/c1-2-10-5-7-16(8-6-10)13-4-3-11(15)9-12(13)14(17)18/h3-4,9-10H,2,5-8H2,1H3,(H,17,18). The number of rotatable bonds is 3. The molecular weight excluding hydrogens is 250 g/mol. The lowest BCUT2D eigenvalue weighted by Crippen LogP contribution is -2.34. The van der Waals surface area contributed by atoms with Crippen molar-refractivity contribution in [1.29, 1.82) is 0 Å². The fourth-order valence-electron chi connectivity index (χ4n) is 2.54. The number of nitrogens with zero attached hydrogens (tertiary/aromatic N) is 1. The molecule has 1 aromatic rings. The highest BCUT2D eigenvalue weighted by Crippen LogP contribution is 2.29. The molecule has 0 aliphatic carbocycles. The summed E-state index contributed by atoms with van der Waals surface area (Å²) in [6.07, 6.45) is 3.48. The first-order valence-corrected chi connectivity index (χ1v) is 6.77. The van der Waals surface area contributed by atoms with Crippen LogP contribution in [0.3, 0.4) is 0 Å². The molecule has 1 heterocycles. The van der Waals surface area contributed by atoms with Crippen LogP contribution in [0.5, 0.6) is 0 Å². The second kappa shape index (κ2) is 5.61. The highest BCUT2D eigenvalue weighted by Gasteiger charge is 2.22. The smallest absolute Gasteiger partial charge is 0.337 e. The summed E-state index contributed by atoms with van der Waals surface area (Å²) in [6, 6.07) is 5.11. The van der Waals surface area contributed by atoms with E-state index < -0.39 is 5.97 Å². The van der Waals surface area contributed by atoms with E-state index in [-0.39, 0.29) is 0 Å². The maximum absolute atomic E-state index is 11.3. The Morgan fingerprint density at radius 2 is 2.11 bits per heavy atom. The summed E-state index contributed by atoms with van der Waals surface area (Å²) in [4.78, 5) is 13.4. The Morgan fingerprint density at radius 3 is 2.67 bits per heavy atom. The fraction of sp³-hybridized carbons (Fsp3) is 0.500. The van der Waals surface area contributed by atoms with Crippen LogP contribution in [0.2, 0.25) is 5.02 Å². The van der Waals surface area contributed by atoms with E-state index in [9.17, 15) is 9.90 Å². The Balaban J connectivity index is 2.21. The number of aromatic carboxylic acids is 1. The minimum absolute atomic E-state index is 0.303. The van der Waals surface area contributed by atoms with Gasteiger partial charge in [0, 0.05) is 18.1 Å². The first-order chi connectivity index (χ1) is 8.61. The number of anilines is 1. The van der Waals surface area contributed by atoms with Crippen molar-refractivity contribution >= 4 is 23.3 Å². The number of halogens is 1. The van der Waals surface area contributed by atoms with Crippen LogP contribution >= 0.6 is 11.6 Å². The zero-order valence-corrected chi connectivity index (χ0v) is 11.3. The second-order valence-corrected chi connectivity index (χ2v) is 5.24. The van der Waals surface area contributed by atoms with Gasteiger partial charge in [-0.2, -0.15) is 0 Å². The molecule has 0 atom stereocenters. The molecule has 1 aromatic carbocycles. The van der Waals surface area contributed by atoms with Crippen LogP contribution in [0.1, 0.15) is 36.5 Å². The Morgan fingerprint density at radius 1 is 1.44 bits per heavy atom. The van der Waals surface area contributed by atoms with Gasteiger partial charge in [0.1, 0.15) is 0 Å². The van der Waals surface area contributed by atoms with Crippen LogP contribution < -0.4 is 4.90 Å². The highest BCUT2D eigenvalue weighted by molar-refractivity contribution is 6.31. The van der Waals surface area contributed by atoms with E-state index in [1.807, 2.05) is 6.07 Å². The molecule has 1 fully saturated rings. The van der Waals surface area contributed by atoms with Crippen LogP contribution in [0.4, 0.5) is 5.69 Å². The first-order valence-electron chi connectivity index (χ1n) is 6.39. The summed E-state index contributed by atoms with van der Waals surface area (Å²) >= 11 is 5.86. The Kier molecular flexibility index (Phi) is 4.12. The third-order valence-electron chi connectivity index (χ3n) is 3.72. The molecule has 2 rings (SSSR count). The highest BCUT2D eigenvalue weighted by atomic mass is 35.5. The third kappa shape index (κ3) is 2.78. The third-order valence-corrected chi connectivity index (χ3v) is 3.96. The quantitative estimate of drug-likeness (QED) is 0.908. The van der Waals surface area contributed by atoms with Gasteiger partial charge in [0.05, 0.1) is 11.3 Å². The summed E-state index contributed by atoms with van der Waals surface area (Å²) in [5.74, 6) is -0.132. The van der Waals surface area contributed by atoms with E-state index in [2.05, 4.69) is 11.8 Å². The van der Waals surface area contributed by atoms with Crippen molar-refractivity contribution in [3.8, 4) is 0 Å². The molecule has 3 nitrogen and oxygen atoms in total. The van der Waals surface area contributed by atoms with Crippen molar-refractivity contribution in [2.75, 3.05) is 18.0 Å². The number of carboxylic acid groups (broad SMARTS) is 1. The van der Waals surface area contributed by atoms with Crippen molar-refractivity contribution < 1.29 is 9.90 Å². The first kappa shape index (κ1) is 13.2. The Bertz CT molecular complexity index is 439. The number of carboxylic acids is 1. The number of hydrogen-bond donors (Lipinski definition) is 1. The minimum Gasteiger partial charge on any atom is -0.478 e. The molecule has 98 valence electrons. The molecule has 0 aromatic heterocycles. The zero-order chi connectivity index (χ0) is 13.1. The van der Waals surface area contributed by atoms with Gasteiger partial charge in [0.25, 0.3) is 0 Å². The summed E-state index contributed by atoms with van der Waals surface area (Å²) in [5, 5.41) is 9.71. The molecule has 0 bridgehead atoms. The van der Waals surface area contributed by atoms with Crippen molar-refractivity contribution in [2.45, 2.75) is 26.2 Å². The molecule has 1 aliphatic rings. The lowest BCUT2D eigenvalue weighted by Gasteiger charge is -2.34. The average molecular weight is 268 g/mol. The van der Waals surface area contributed by atoms with Crippen molar-refractivity contribution in [3.63, 3.8) is 0 Å². The average Bonchev–Trinajstić information content (AvgIpc) is 2.39. The van der Waals surface area contributed by atoms with Gasteiger partial charge in [-0.15, -0.1) is 0 Å². The van der Waals surface area contributed by atoms with Gasteiger partial charge >= 0.3 is 5.97 Å². The molecule has 0 radical (unpaired) electrons. The van der Waals surface area contributed by atoms with Crippen LogP contribution in [0.25, 0.3) is 0 Å². The van der Waals surface area contributed by atoms with Gasteiger partial charge in [-0.1, -0.05) is 24.9 Å². The van der Waals surface area contributed by atoms with Crippen LogP contribution in [-0.4, -0.2) is 24.2 Å². The fourth-order valence-corrected chi connectivity index (χ4v) is 2.71. The minimum atomic E-state index is -0.912. The SMILES string of the molecule is CCC1CCN(c2ccc(Cl)cc2C(=O)O)CC1. The molecule has 1 saturated heterocycles. The zero-order valence-electron chi connectivity index (χ0n) is 10.5. The number of hydrogen-bond acceptors (Lipinski definition) is 2. The molecule has 4 heteroatoms. The predicted molar refractivity (Wildman–Crippen MR) is 73.6 cm³/mol. The number of benzene rings is 1. The summed E-state index contributed by atoms with van der Waals surface area (Å²) < 4.78 is 0. The van der Waals surface area contributed by atoms with Gasteiger partial charge in [-0.25, -0.2) is 4.79 Å². The normalized spacial score (nSPS) is 16.9. The summed E-state index contributed by atoms with van der Waals surface area (Å²) in [5.41, 5.74) is 1.10. The van der Waals surface area contributed by atoms with E-state index in [4.69, 9.17) is 11.6 Å². The molecule has 0 unspecified atom stereocenters. The van der Waals surface area contributed by atoms with Gasteiger partial charge < -0.3 is 10.0 Å². The van der Waals surface area contributed by atoms with E-state index in [1.54, 1.807) is 6.07 Å². The van der Waals surface area contributed by atoms with E-state index in [0.717, 1.165) is 37.5 Å². The molecule has 0 saturated carbocycles. The molecule has 1 N–H and O–H groups in total. The molecule has 0 spiro atoms. The monoisotopic (exact) mass is 267 g/mol. The largest absolute Gasteiger partial charge is 0.478 e. The van der Waals surface area contributed by atoms with Crippen molar-refractivity contribution in [1.82, 2.24) is 0 Å². The van der Waals surface area contributed by atoms with Gasteiger partial charge in [-0.05, 0) is 37.0 Å². The van der Waals surface area contributed by atoms with Crippen LogP contribution in [-0.2, 0) is 0 Å². The topological polar surface area (TPSA) is 40.5 Å². The lowest BCUT2D eigenvalue weighted by atomic mass is 9.94. The van der Waals surface area contributed by atoms with Crippen molar-refractivity contribution in [3.05, 3.63) is 28.8 Å². The number of carbonyl (C=O) groups is 1. The maximum atomic E-state index is 11.3. The van der Waals surface area contributed by atoms with E-state index in [1.165, 1.54) is 12.5 Å². The van der Waals surface area contributed by atoms with Crippen LogP contribution in [0, 0.1) is 5.92 Å². The van der Waals surface area contributed by atoms with E-state index >= 15 is 0 Å². The van der Waals surface area contributed by atoms with Gasteiger partial charge in [-0.3, -0.25) is 0 Å². The van der Waals surface area contributed by atoms with Crippen molar-refractivity contribution in [2.24, 2.45) is 5.92 Å². The summed E-state index contributed by atoms with van der Waals surface area (Å²) in [7, 11) is 0. The molecule has 1 aliphatic heterocycles. The lowest BCUT2D eigenvalue weighted by molar-refractivity contribution is 0.0697. The maximum Gasteiger partial charge on any atom is 0.337 e. The molecular formula is C14H18ClNO2. The Hall–Kier alpha value is -1.22. The second-order valence-electron chi connectivity index (χ2n) is 4.81. The van der Waals surface area contributed by atoms with E-state index in [0.29, 0.717) is 10.6 Å². The summed E-state index contributed by atoms with van der Waals surface area (Å²) in [6.45, 7) is 4.08. The van der Waals surface area contributed by atoms with Gasteiger partial charge in [0.15, 0.2) is 0 Å². The molecule has 18 heavy (non-hydrogen) atoms. The number of piperidine rings is 1. The predicted octanol–water partition coefficient (Wildman–Crippen LogP) is 3.66. The van der Waals surface area contributed by atoms with Gasteiger partial charge in [0.2, 0.25) is 0 Å². The Labute approximate surface area is 112 Å². The van der Waals surface area contributed by atoms with Crippen LogP contribution in [0.15, 0.2) is 18.2 Å².